The quantitative estimate of drug-likeness (QED) is 0.415. The Bertz CT molecular complexity index is 755. The number of halogens is 1. The van der Waals surface area contributed by atoms with Crippen LogP contribution < -0.4 is 5.32 Å². The highest BCUT2D eigenvalue weighted by Gasteiger charge is 2.42. The SMILES string of the molecule is CN=C(NCc1cccc(Cn2cccn2)c1)N1CCC2(CCOC2)C1.I. The summed E-state index contributed by atoms with van der Waals surface area (Å²) in [5.41, 5.74) is 2.86. The molecule has 2 saturated heterocycles. The van der Waals surface area contributed by atoms with E-state index in [0.717, 1.165) is 45.4 Å². The van der Waals surface area contributed by atoms with Gasteiger partial charge in [-0.25, -0.2) is 0 Å². The molecule has 4 rings (SSSR count). The fraction of sp³-hybridized carbons (Fsp3) is 0.500. The molecular weight excluding hydrogens is 453 g/mol. The van der Waals surface area contributed by atoms with Gasteiger partial charge >= 0.3 is 0 Å². The van der Waals surface area contributed by atoms with Crippen LogP contribution in [-0.2, 0) is 17.8 Å². The molecule has 2 aromatic rings. The first-order valence-corrected chi connectivity index (χ1v) is 9.35. The summed E-state index contributed by atoms with van der Waals surface area (Å²) in [6, 6.07) is 10.6. The molecule has 1 unspecified atom stereocenters. The Labute approximate surface area is 178 Å². The Balaban J connectivity index is 0.00000210. The normalized spacial score (nSPS) is 22.3. The molecule has 27 heavy (non-hydrogen) atoms. The average molecular weight is 481 g/mol. The number of aromatic nitrogens is 2. The van der Waals surface area contributed by atoms with E-state index in [1.54, 1.807) is 0 Å². The first-order valence-electron chi connectivity index (χ1n) is 9.35. The second-order valence-electron chi connectivity index (χ2n) is 7.40. The van der Waals surface area contributed by atoms with E-state index >= 15 is 0 Å². The van der Waals surface area contributed by atoms with Crippen molar-refractivity contribution in [3.05, 3.63) is 53.9 Å². The van der Waals surface area contributed by atoms with E-state index in [1.165, 1.54) is 24.0 Å². The van der Waals surface area contributed by atoms with Gasteiger partial charge in [0.1, 0.15) is 0 Å². The van der Waals surface area contributed by atoms with Crippen LogP contribution in [0, 0.1) is 5.41 Å². The van der Waals surface area contributed by atoms with Gasteiger partial charge in [-0.05, 0) is 30.0 Å². The summed E-state index contributed by atoms with van der Waals surface area (Å²) in [4.78, 5) is 6.88. The number of nitrogens with zero attached hydrogens (tertiary/aromatic N) is 4. The summed E-state index contributed by atoms with van der Waals surface area (Å²) in [5, 5.41) is 7.81. The molecule has 0 saturated carbocycles. The minimum Gasteiger partial charge on any atom is -0.381 e. The maximum absolute atomic E-state index is 5.64. The molecule has 146 valence electrons. The van der Waals surface area contributed by atoms with Gasteiger partial charge < -0.3 is 15.0 Å². The molecule has 2 fully saturated rings. The lowest BCUT2D eigenvalue weighted by Gasteiger charge is -2.25. The number of aliphatic imine (C=N–C) groups is 1. The van der Waals surface area contributed by atoms with Crippen molar-refractivity contribution < 1.29 is 4.74 Å². The monoisotopic (exact) mass is 481 g/mol. The van der Waals surface area contributed by atoms with Crippen LogP contribution in [-0.4, -0.2) is 54.0 Å². The third kappa shape index (κ3) is 4.82. The highest BCUT2D eigenvalue weighted by molar-refractivity contribution is 14.0. The van der Waals surface area contributed by atoms with Crippen LogP contribution in [0.2, 0.25) is 0 Å². The number of benzene rings is 1. The van der Waals surface area contributed by atoms with E-state index in [-0.39, 0.29) is 24.0 Å². The van der Waals surface area contributed by atoms with E-state index < -0.39 is 0 Å². The number of likely N-dealkylation sites (tertiary alicyclic amines) is 1. The molecule has 1 aromatic carbocycles. The fourth-order valence-electron chi connectivity index (χ4n) is 4.02. The molecule has 0 radical (unpaired) electrons. The smallest absolute Gasteiger partial charge is 0.193 e. The molecule has 0 bridgehead atoms. The van der Waals surface area contributed by atoms with Gasteiger partial charge in [0.2, 0.25) is 0 Å². The summed E-state index contributed by atoms with van der Waals surface area (Å²) < 4.78 is 7.58. The molecule has 1 spiro atoms. The number of nitrogens with one attached hydrogen (secondary N) is 1. The van der Waals surface area contributed by atoms with Crippen molar-refractivity contribution in [1.29, 1.82) is 0 Å². The van der Waals surface area contributed by atoms with Gasteiger partial charge in [0.05, 0.1) is 13.2 Å². The largest absolute Gasteiger partial charge is 0.381 e. The number of hydrogen-bond acceptors (Lipinski definition) is 3. The minimum absolute atomic E-state index is 0. The molecule has 2 aliphatic heterocycles. The van der Waals surface area contributed by atoms with Crippen molar-refractivity contribution in [2.24, 2.45) is 10.4 Å². The van der Waals surface area contributed by atoms with Gasteiger partial charge in [0.25, 0.3) is 0 Å². The Morgan fingerprint density at radius 2 is 2.19 bits per heavy atom. The van der Waals surface area contributed by atoms with Gasteiger partial charge in [0.15, 0.2) is 5.96 Å². The molecule has 1 aromatic heterocycles. The molecule has 3 heterocycles. The van der Waals surface area contributed by atoms with Gasteiger partial charge in [-0.2, -0.15) is 5.10 Å². The lowest BCUT2D eigenvalue weighted by molar-refractivity contribution is 0.156. The third-order valence-corrected chi connectivity index (χ3v) is 5.48. The summed E-state index contributed by atoms with van der Waals surface area (Å²) in [7, 11) is 1.87. The van der Waals surface area contributed by atoms with Crippen molar-refractivity contribution in [2.45, 2.75) is 25.9 Å². The van der Waals surface area contributed by atoms with Gasteiger partial charge in [0, 0.05) is 51.1 Å². The van der Waals surface area contributed by atoms with Crippen LogP contribution in [0.25, 0.3) is 0 Å². The summed E-state index contributed by atoms with van der Waals surface area (Å²) >= 11 is 0. The maximum Gasteiger partial charge on any atom is 0.193 e. The molecule has 0 amide bonds. The molecule has 0 aliphatic carbocycles. The van der Waals surface area contributed by atoms with E-state index in [0.29, 0.717) is 5.41 Å². The van der Waals surface area contributed by atoms with Gasteiger partial charge in [-0.15, -0.1) is 24.0 Å². The lowest BCUT2D eigenvalue weighted by atomic mass is 9.87. The van der Waals surface area contributed by atoms with Gasteiger partial charge in [-0.3, -0.25) is 9.67 Å². The van der Waals surface area contributed by atoms with Crippen LogP contribution >= 0.6 is 24.0 Å². The zero-order chi connectivity index (χ0) is 17.8. The molecule has 6 nitrogen and oxygen atoms in total. The predicted octanol–water partition coefficient (Wildman–Crippen LogP) is 2.74. The Kier molecular flexibility index (Phi) is 6.75. The Morgan fingerprint density at radius 3 is 2.93 bits per heavy atom. The molecule has 7 heteroatoms. The Morgan fingerprint density at radius 1 is 1.30 bits per heavy atom. The van der Waals surface area contributed by atoms with Crippen LogP contribution in [0.15, 0.2) is 47.7 Å². The standard InChI is InChI=1S/C20H27N5O.HI/c1-21-19(24-10-6-20(15-24)7-11-26-16-20)22-13-17-4-2-5-18(12-17)14-25-9-3-8-23-25;/h2-5,8-9,12H,6-7,10-11,13-16H2,1H3,(H,21,22);1H. The number of hydrogen-bond donors (Lipinski definition) is 1. The maximum atomic E-state index is 5.64. The molecule has 2 aliphatic rings. The molecular formula is C20H28IN5O. The highest BCUT2D eigenvalue weighted by atomic mass is 127. The first kappa shape index (κ1) is 20.1. The zero-order valence-electron chi connectivity index (χ0n) is 15.8. The van der Waals surface area contributed by atoms with Crippen molar-refractivity contribution >= 4 is 29.9 Å². The van der Waals surface area contributed by atoms with E-state index in [9.17, 15) is 0 Å². The van der Waals surface area contributed by atoms with Crippen LogP contribution in [0.3, 0.4) is 0 Å². The number of rotatable bonds is 4. The topological polar surface area (TPSA) is 54.7 Å². The lowest BCUT2D eigenvalue weighted by Crippen LogP contribution is -2.41. The summed E-state index contributed by atoms with van der Waals surface area (Å²) in [5.74, 6) is 0.992. The number of ether oxygens (including phenoxy) is 1. The van der Waals surface area contributed by atoms with Crippen LogP contribution in [0.1, 0.15) is 24.0 Å². The van der Waals surface area contributed by atoms with E-state index in [2.05, 4.69) is 44.6 Å². The summed E-state index contributed by atoms with van der Waals surface area (Å²) in [6.45, 7) is 5.48. The van der Waals surface area contributed by atoms with E-state index in [4.69, 9.17) is 4.74 Å². The second-order valence-corrected chi connectivity index (χ2v) is 7.40. The summed E-state index contributed by atoms with van der Waals surface area (Å²) in [6.07, 6.45) is 6.18. The van der Waals surface area contributed by atoms with Crippen molar-refractivity contribution in [3.63, 3.8) is 0 Å². The van der Waals surface area contributed by atoms with E-state index in [1.807, 2.05) is 30.2 Å². The van der Waals surface area contributed by atoms with Crippen molar-refractivity contribution in [1.82, 2.24) is 20.0 Å². The first-order chi connectivity index (χ1) is 12.8. The predicted molar refractivity (Wildman–Crippen MR) is 117 cm³/mol. The minimum atomic E-state index is 0. The van der Waals surface area contributed by atoms with Crippen molar-refractivity contribution in [2.75, 3.05) is 33.4 Å². The highest BCUT2D eigenvalue weighted by Crippen LogP contribution is 2.38. The van der Waals surface area contributed by atoms with Crippen LogP contribution in [0.5, 0.6) is 0 Å². The van der Waals surface area contributed by atoms with Crippen molar-refractivity contribution in [3.8, 4) is 0 Å². The van der Waals surface area contributed by atoms with Crippen LogP contribution in [0.4, 0.5) is 0 Å². The van der Waals surface area contributed by atoms with Gasteiger partial charge in [-0.1, -0.05) is 24.3 Å². The average Bonchev–Trinajstić information content (AvgIpc) is 3.40. The third-order valence-electron chi connectivity index (χ3n) is 5.48. The fourth-order valence-corrected chi connectivity index (χ4v) is 4.02. The second kappa shape index (κ2) is 9.05. The zero-order valence-corrected chi connectivity index (χ0v) is 18.1. The number of guanidine groups is 1. The molecule has 1 atom stereocenters. The Hall–Kier alpha value is -1.61. The molecule has 1 N–H and O–H groups in total.